The summed E-state index contributed by atoms with van der Waals surface area (Å²) in [6.45, 7) is 0.461. The zero-order valence-corrected chi connectivity index (χ0v) is 5.22. The van der Waals surface area contributed by atoms with Gasteiger partial charge in [0.2, 0.25) is 0 Å². The summed E-state index contributed by atoms with van der Waals surface area (Å²) in [6.07, 6.45) is 2.67. The molecule has 1 radical (unpaired) electrons. The highest BCUT2D eigenvalue weighted by Crippen LogP contribution is 2.26. The van der Waals surface area contributed by atoms with Crippen LogP contribution in [0, 0.1) is 5.92 Å². The number of carbonyl (C=O) groups is 1. The van der Waals surface area contributed by atoms with Crippen molar-refractivity contribution in [2.75, 3.05) is 6.61 Å². The van der Waals surface area contributed by atoms with Gasteiger partial charge in [-0.05, 0) is 18.8 Å². The maximum absolute atomic E-state index is 9.93. The Kier molecular flexibility index (Phi) is 1.92. The van der Waals surface area contributed by atoms with E-state index in [9.17, 15) is 4.79 Å². The van der Waals surface area contributed by atoms with Gasteiger partial charge in [-0.1, -0.05) is 6.42 Å². The van der Waals surface area contributed by atoms with Crippen molar-refractivity contribution in [1.82, 2.24) is 5.73 Å². The molecule has 1 saturated carbocycles. The molecule has 1 aliphatic rings. The second-order valence-corrected chi connectivity index (χ2v) is 2.40. The average Bonchev–Trinajstić information content (AvgIpc) is 1.60. The maximum atomic E-state index is 9.93. The molecule has 0 aromatic carbocycles. The summed E-state index contributed by atoms with van der Waals surface area (Å²) >= 11 is 0. The van der Waals surface area contributed by atoms with Crippen molar-refractivity contribution >= 4 is 6.09 Å². The first-order valence-electron chi connectivity index (χ1n) is 3.17. The SMILES string of the molecule is [NH]C(=O)OCC1CCC1. The summed E-state index contributed by atoms with van der Waals surface area (Å²) in [6, 6.07) is 0. The zero-order valence-electron chi connectivity index (χ0n) is 5.22. The normalized spacial score (nSPS) is 18.7. The molecule has 0 heterocycles. The molecule has 0 aromatic rings. The van der Waals surface area contributed by atoms with Gasteiger partial charge in [-0.3, -0.25) is 0 Å². The molecule has 1 N–H and O–H groups in total. The lowest BCUT2D eigenvalue weighted by atomic mass is 9.86. The summed E-state index contributed by atoms with van der Waals surface area (Å²) in [7, 11) is 0. The van der Waals surface area contributed by atoms with E-state index >= 15 is 0 Å². The third-order valence-corrected chi connectivity index (χ3v) is 1.67. The van der Waals surface area contributed by atoms with Gasteiger partial charge in [0, 0.05) is 0 Å². The van der Waals surface area contributed by atoms with Crippen LogP contribution in [0.25, 0.3) is 0 Å². The van der Waals surface area contributed by atoms with Crippen LogP contribution in [0.3, 0.4) is 0 Å². The Hall–Kier alpha value is -0.730. The summed E-state index contributed by atoms with van der Waals surface area (Å²) < 4.78 is 4.47. The molecular weight excluding hydrogens is 118 g/mol. The molecule has 0 aromatic heterocycles. The van der Waals surface area contributed by atoms with E-state index in [4.69, 9.17) is 5.73 Å². The zero-order chi connectivity index (χ0) is 6.69. The van der Waals surface area contributed by atoms with Gasteiger partial charge in [-0.25, -0.2) is 10.5 Å². The van der Waals surface area contributed by atoms with Gasteiger partial charge in [0.25, 0.3) is 0 Å². The van der Waals surface area contributed by atoms with Crippen LogP contribution >= 0.6 is 0 Å². The quantitative estimate of drug-likeness (QED) is 0.561. The van der Waals surface area contributed by atoms with Gasteiger partial charge in [0.05, 0.1) is 6.61 Å². The van der Waals surface area contributed by atoms with Crippen molar-refractivity contribution in [1.29, 1.82) is 0 Å². The lowest BCUT2D eigenvalue weighted by Gasteiger charge is -2.23. The predicted molar refractivity (Wildman–Crippen MR) is 31.8 cm³/mol. The standard InChI is InChI=1S/C6H10NO2/c7-6(8)9-4-5-2-1-3-5/h5,7H,1-4H2. The van der Waals surface area contributed by atoms with E-state index in [1.54, 1.807) is 0 Å². The smallest absolute Gasteiger partial charge is 0.426 e. The Bertz CT molecular complexity index is 110. The van der Waals surface area contributed by atoms with Crippen LogP contribution in [-0.2, 0) is 4.74 Å². The monoisotopic (exact) mass is 128 g/mol. The summed E-state index contributed by atoms with van der Waals surface area (Å²) in [5.74, 6) is 0.555. The maximum Gasteiger partial charge on any atom is 0.426 e. The molecule has 0 unspecified atom stereocenters. The second-order valence-electron chi connectivity index (χ2n) is 2.40. The minimum Gasteiger partial charge on any atom is -0.448 e. The van der Waals surface area contributed by atoms with Crippen LogP contribution in [0.4, 0.5) is 4.79 Å². The first-order chi connectivity index (χ1) is 4.29. The summed E-state index contributed by atoms with van der Waals surface area (Å²) in [5, 5.41) is 0. The Balaban J connectivity index is 1.97. The Morgan fingerprint density at radius 3 is 2.67 bits per heavy atom. The first kappa shape index (κ1) is 6.39. The fourth-order valence-electron chi connectivity index (χ4n) is 0.853. The second kappa shape index (κ2) is 2.71. The van der Waals surface area contributed by atoms with E-state index < -0.39 is 6.09 Å². The Morgan fingerprint density at radius 1 is 1.67 bits per heavy atom. The van der Waals surface area contributed by atoms with Crippen LogP contribution in [0.15, 0.2) is 0 Å². The molecule has 3 nitrogen and oxygen atoms in total. The molecule has 0 aliphatic heterocycles. The van der Waals surface area contributed by atoms with Gasteiger partial charge in [-0.2, -0.15) is 0 Å². The fraction of sp³-hybridized carbons (Fsp3) is 0.833. The van der Waals surface area contributed by atoms with Gasteiger partial charge < -0.3 is 4.74 Å². The molecule has 0 bridgehead atoms. The number of hydrogen-bond donors (Lipinski definition) is 0. The van der Waals surface area contributed by atoms with E-state index in [-0.39, 0.29) is 0 Å². The van der Waals surface area contributed by atoms with Crippen LogP contribution in [0.5, 0.6) is 0 Å². The molecule has 1 rings (SSSR count). The third-order valence-electron chi connectivity index (χ3n) is 1.67. The van der Waals surface area contributed by atoms with Crippen molar-refractivity contribution in [2.45, 2.75) is 19.3 Å². The van der Waals surface area contributed by atoms with E-state index in [1.165, 1.54) is 6.42 Å². The van der Waals surface area contributed by atoms with E-state index in [1.807, 2.05) is 0 Å². The summed E-state index contributed by atoms with van der Waals surface area (Å²) in [4.78, 5) is 9.93. The van der Waals surface area contributed by atoms with Gasteiger partial charge in [0.15, 0.2) is 0 Å². The van der Waals surface area contributed by atoms with Crippen molar-refractivity contribution in [3.05, 3.63) is 0 Å². The average molecular weight is 128 g/mol. The number of carbonyl (C=O) groups excluding carboxylic acids is 1. The van der Waals surface area contributed by atoms with Crippen molar-refractivity contribution in [3.8, 4) is 0 Å². The van der Waals surface area contributed by atoms with Gasteiger partial charge in [0.1, 0.15) is 0 Å². The van der Waals surface area contributed by atoms with E-state index in [0.717, 1.165) is 12.8 Å². The molecule has 9 heavy (non-hydrogen) atoms. The third kappa shape index (κ3) is 1.91. The van der Waals surface area contributed by atoms with E-state index in [2.05, 4.69) is 4.74 Å². The number of ether oxygens (including phenoxy) is 1. The summed E-state index contributed by atoms with van der Waals surface area (Å²) in [5.41, 5.74) is 6.41. The Morgan fingerprint density at radius 2 is 2.33 bits per heavy atom. The molecule has 1 fully saturated rings. The molecule has 51 valence electrons. The highest BCUT2D eigenvalue weighted by molar-refractivity contribution is 5.63. The van der Waals surface area contributed by atoms with Crippen molar-refractivity contribution in [2.24, 2.45) is 5.92 Å². The lowest BCUT2D eigenvalue weighted by molar-refractivity contribution is 0.110. The minimum atomic E-state index is -0.901. The molecule has 1 amide bonds. The van der Waals surface area contributed by atoms with Crippen LogP contribution in [0.2, 0.25) is 0 Å². The van der Waals surface area contributed by atoms with Crippen LogP contribution < -0.4 is 5.73 Å². The van der Waals surface area contributed by atoms with Crippen LogP contribution in [0.1, 0.15) is 19.3 Å². The molecule has 0 spiro atoms. The first-order valence-corrected chi connectivity index (χ1v) is 3.17. The molecular formula is C6H10NO2. The highest BCUT2D eigenvalue weighted by atomic mass is 16.5. The van der Waals surface area contributed by atoms with Crippen LogP contribution in [-0.4, -0.2) is 12.7 Å². The predicted octanol–water partition coefficient (Wildman–Crippen LogP) is 1.21. The van der Waals surface area contributed by atoms with Crippen molar-refractivity contribution in [3.63, 3.8) is 0 Å². The van der Waals surface area contributed by atoms with Gasteiger partial charge in [-0.15, -0.1) is 0 Å². The molecule has 3 heteroatoms. The lowest BCUT2D eigenvalue weighted by Crippen LogP contribution is -2.19. The number of rotatable bonds is 2. The van der Waals surface area contributed by atoms with Crippen molar-refractivity contribution < 1.29 is 9.53 Å². The molecule has 0 saturated heterocycles. The molecule has 1 aliphatic carbocycles. The van der Waals surface area contributed by atoms with E-state index in [0.29, 0.717) is 12.5 Å². The Labute approximate surface area is 54.2 Å². The topological polar surface area (TPSA) is 50.1 Å². The number of nitrogens with one attached hydrogen (secondary N) is 1. The number of amides is 1. The highest BCUT2D eigenvalue weighted by Gasteiger charge is 2.18. The molecule has 0 atom stereocenters. The fourth-order valence-corrected chi connectivity index (χ4v) is 0.853. The minimum absolute atomic E-state index is 0.461. The van der Waals surface area contributed by atoms with Gasteiger partial charge >= 0.3 is 6.09 Å². The number of hydrogen-bond acceptors (Lipinski definition) is 2. The largest absolute Gasteiger partial charge is 0.448 e.